The van der Waals surface area contributed by atoms with Crippen molar-refractivity contribution in [1.29, 1.82) is 0 Å². The highest BCUT2D eigenvalue weighted by Gasteiger charge is 2.14. The van der Waals surface area contributed by atoms with E-state index in [0.29, 0.717) is 6.42 Å². The standard InChI is InChI=1S/C24H46O4/c1-3-5-7-9-11-15-19-22(18-14-8-6-4-2)28-24(27)21-17-13-10-12-16-20-23(25)26/h22H,3-21H2,1-2H3,(H,25,26). The van der Waals surface area contributed by atoms with Crippen LogP contribution in [0.3, 0.4) is 0 Å². The highest BCUT2D eigenvalue weighted by atomic mass is 16.5. The summed E-state index contributed by atoms with van der Waals surface area (Å²) in [6.45, 7) is 4.46. The Morgan fingerprint density at radius 2 is 1.07 bits per heavy atom. The van der Waals surface area contributed by atoms with Gasteiger partial charge in [0.25, 0.3) is 0 Å². The minimum Gasteiger partial charge on any atom is -0.481 e. The molecule has 0 heterocycles. The van der Waals surface area contributed by atoms with Crippen molar-refractivity contribution in [1.82, 2.24) is 0 Å². The van der Waals surface area contributed by atoms with E-state index in [9.17, 15) is 9.59 Å². The molecule has 0 radical (unpaired) electrons. The lowest BCUT2D eigenvalue weighted by Crippen LogP contribution is -2.18. The Hall–Kier alpha value is -1.06. The van der Waals surface area contributed by atoms with Crippen LogP contribution in [-0.2, 0) is 14.3 Å². The van der Waals surface area contributed by atoms with Crippen molar-refractivity contribution in [3.8, 4) is 0 Å². The van der Waals surface area contributed by atoms with E-state index >= 15 is 0 Å². The number of hydrogen-bond donors (Lipinski definition) is 1. The second-order valence-electron chi connectivity index (χ2n) is 8.18. The number of unbranched alkanes of at least 4 members (excludes halogenated alkanes) is 12. The van der Waals surface area contributed by atoms with Gasteiger partial charge in [0, 0.05) is 12.8 Å². The highest BCUT2D eigenvalue weighted by Crippen LogP contribution is 2.17. The molecule has 4 nitrogen and oxygen atoms in total. The number of carboxylic acids is 1. The summed E-state index contributed by atoms with van der Waals surface area (Å²) in [6, 6.07) is 0. The lowest BCUT2D eigenvalue weighted by molar-refractivity contribution is -0.150. The molecule has 0 bridgehead atoms. The van der Waals surface area contributed by atoms with Gasteiger partial charge in [-0.15, -0.1) is 0 Å². The molecule has 166 valence electrons. The molecular weight excluding hydrogens is 352 g/mol. The van der Waals surface area contributed by atoms with Crippen LogP contribution in [0.4, 0.5) is 0 Å². The number of hydrogen-bond acceptors (Lipinski definition) is 3. The topological polar surface area (TPSA) is 63.6 Å². The molecule has 0 spiro atoms. The summed E-state index contributed by atoms with van der Waals surface area (Å²) in [5.41, 5.74) is 0. The molecule has 0 saturated carbocycles. The largest absolute Gasteiger partial charge is 0.481 e. The van der Waals surface area contributed by atoms with Crippen LogP contribution in [0.25, 0.3) is 0 Å². The molecule has 0 aromatic heterocycles. The first-order chi connectivity index (χ1) is 13.6. The zero-order chi connectivity index (χ0) is 20.9. The lowest BCUT2D eigenvalue weighted by atomic mass is 10.0. The van der Waals surface area contributed by atoms with E-state index in [-0.39, 0.29) is 18.5 Å². The third-order valence-electron chi connectivity index (χ3n) is 5.33. The molecule has 4 heteroatoms. The number of esters is 1. The maximum absolute atomic E-state index is 12.2. The fourth-order valence-corrected chi connectivity index (χ4v) is 3.53. The van der Waals surface area contributed by atoms with Crippen molar-refractivity contribution in [2.75, 3.05) is 0 Å². The zero-order valence-electron chi connectivity index (χ0n) is 18.7. The molecule has 1 unspecified atom stereocenters. The van der Waals surface area contributed by atoms with Gasteiger partial charge in [-0.3, -0.25) is 9.59 Å². The van der Waals surface area contributed by atoms with Gasteiger partial charge in [-0.1, -0.05) is 84.5 Å². The van der Waals surface area contributed by atoms with Gasteiger partial charge in [0.2, 0.25) is 0 Å². The Balaban J connectivity index is 3.93. The van der Waals surface area contributed by atoms with Crippen LogP contribution in [0.5, 0.6) is 0 Å². The predicted molar refractivity (Wildman–Crippen MR) is 117 cm³/mol. The minimum absolute atomic E-state index is 0.0444. The van der Waals surface area contributed by atoms with Gasteiger partial charge in [0.1, 0.15) is 6.10 Å². The van der Waals surface area contributed by atoms with E-state index in [4.69, 9.17) is 9.84 Å². The molecule has 1 N–H and O–H groups in total. The van der Waals surface area contributed by atoms with Gasteiger partial charge in [-0.2, -0.15) is 0 Å². The van der Waals surface area contributed by atoms with E-state index in [1.54, 1.807) is 0 Å². The summed E-state index contributed by atoms with van der Waals surface area (Å²) >= 11 is 0. The van der Waals surface area contributed by atoms with Crippen molar-refractivity contribution in [3.05, 3.63) is 0 Å². The Morgan fingerprint density at radius 1 is 0.643 bits per heavy atom. The smallest absolute Gasteiger partial charge is 0.306 e. The van der Waals surface area contributed by atoms with Gasteiger partial charge < -0.3 is 9.84 Å². The van der Waals surface area contributed by atoms with E-state index < -0.39 is 5.97 Å². The quantitative estimate of drug-likeness (QED) is 0.161. The molecule has 0 amide bonds. The van der Waals surface area contributed by atoms with Crippen molar-refractivity contribution < 1.29 is 19.4 Å². The van der Waals surface area contributed by atoms with E-state index in [0.717, 1.165) is 51.4 Å². The zero-order valence-corrected chi connectivity index (χ0v) is 18.7. The third-order valence-corrected chi connectivity index (χ3v) is 5.33. The maximum Gasteiger partial charge on any atom is 0.306 e. The van der Waals surface area contributed by atoms with Gasteiger partial charge in [-0.25, -0.2) is 0 Å². The average molecular weight is 399 g/mol. The summed E-state index contributed by atoms with van der Waals surface area (Å²) in [7, 11) is 0. The van der Waals surface area contributed by atoms with Crippen LogP contribution >= 0.6 is 0 Å². The first-order valence-electron chi connectivity index (χ1n) is 12.0. The summed E-state index contributed by atoms with van der Waals surface area (Å²) in [5, 5.41) is 8.62. The van der Waals surface area contributed by atoms with Crippen molar-refractivity contribution in [3.63, 3.8) is 0 Å². The SMILES string of the molecule is CCCCCCCCC(CCCCCC)OC(=O)CCCCCCCC(=O)O. The second-order valence-corrected chi connectivity index (χ2v) is 8.18. The third kappa shape index (κ3) is 19.7. The normalized spacial score (nSPS) is 12.1. The Bertz CT molecular complexity index is 368. The van der Waals surface area contributed by atoms with Crippen LogP contribution in [-0.4, -0.2) is 23.1 Å². The molecule has 28 heavy (non-hydrogen) atoms. The molecular formula is C24H46O4. The predicted octanol–water partition coefficient (Wildman–Crippen LogP) is 7.43. The molecule has 0 aliphatic heterocycles. The number of carboxylic acid groups (broad SMARTS) is 1. The summed E-state index contributed by atoms with van der Waals surface area (Å²) in [5.74, 6) is -0.768. The fraction of sp³-hybridized carbons (Fsp3) is 0.917. The molecule has 1 atom stereocenters. The van der Waals surface area contributed by atoms with Gasteiger partial charge in [0.15, 0.2) is 0 Å². The molecule has 0 aromatic carbocycles. The molecule has 0 rings (SSSR count). The molecule has 0 aliphatic carbocycles. The fourth-order valence-electron chi connectivity index (χ4n) is 3.53. The van der Waals surface area contributed by atoms with Crippen LogP contribution in [0.1, 0.15) is 136 Å². The number of rotatable bonds is 21. The first kappa shape index (κ1) is 26.9. The van der Waals surface area contributed by atoms with Crippen LogP contribution in [0.2, 0.25) is 0 Å². The Morgan fingerprint density at radius 3 is 1.61 bits per heavy atom. The highest BCUT2D eigenvalue weighted by molar-refractivity contribution is 5.69. The summed E-state index contributed by atoms with van der Waals surface area (Å²) in [4.78, 5) is 22.7. The van der Waals surface area contributed by atoms with Gasteiger partial charge in [-0.05, 0) is 38.5 Å². The first-order valence-corrected chi connectivity index (χ1v) is 12.0. The number of carbonyl (C=O) groups excluding carboxylic acids is 1. The number of ether oxygens (including phenoxy) is 1. The minimum atomic E-state index is -0.723. The Kier molecular flexibility index (Phi) is 19.9. The van der Waals surface area contributed by atoms with E-state index in [2.05, 4.69) is 13.8 Å². The second kappa shape index (κ2) is 20.7. The monoisotopic (exact) mass is 398 g/mol. The molecule has 0 saturated heterocycles. The Labute approximate surface area is 173 Å². The van der Waals surface area contributed by atoms with Crippen LogP contribution in [0.15, 0.2) is 0 Å². The number of aliphatic carboxylic acids is 1. The van der Waals surface area contributed by atoms with Crippen LogP contribution in [0, 0.1) is 0 Å². The summed E-state index contributed by atoms with van der Waals surface area (Å²) in [6.07, 6.45) is 19.9. The van der Waals surface area contributed by atoms with Crippen molar-refractivity contribution in [2.45, 2.75) is 142 Å². The molecule has 0 aromatic rings. The number of carbonyl (C=O) groups is 2. The maximum atomic E-state index is 12.2. The molecule has 0 aliphatic rings. The van der Waals surface area contributed by atoms with Crippen molar-refractivity contribution in [2.24, 2.45) is 0 Å². The van der Waals surface area contributed by atoms with Gasteiger partial charge in [0.05, 0.1) is 0 Å². The summed E-state index contributed by atoms with van der Waals surface area (Å²) < 4.78 is 5.80. The van der Waals surface area contributed by atoms with Crippen molar-refractivity contribution >= 4 is 11.9 Å². The van der Waals surface area contributed by atoms with Crippen LogP contribution < -0.4 is 0 Å². The average Bonchev–Trinajstić information content (AvgIpc) is 2.66. The van der Waals surface area contributed by atoms with Gasteiger partial charge >= 0.3 is 11.9 Å². The van der Waals surface area contributed by atoms with E-state index in [1.165, 1.54) is 57.8 Å². The van der Waals surface area contributed by atoms with E-state index in [1.807, 2.05) is 0 Å². The molecule has 0 fully saturated rings. The lowest BCUT2D eigenvalue weighted by Gasteiger charge is -2.18.